The molecule has 2 atom stereocenters. The van der Waals surface area contributed by atoms with Gasteiger partial charge in [-0.2, -0.15) is 0 Å². The average Bonchev–Trinajstić information content (AvgIpc) is 2.45. The maximum atomic E-state index is 11.4. The molecule has 3 N–H and O–H groups in total. The highest BCUT2D eigenvalue weighted by Gasteiger charge is 2.06. The summed E-state index contributed by atoms with van der Waals surface area (Å²) in [6.45, 7) is 6.08. The van der Waals surface area contributed by atoms with Crippen molar-refractivity contribution < 1.29 is 4.21 Å². The molecule has 0 amide bonds. The van der Waals surface area contributed by atoms with Gasteiger partial charge in [-0.05, 0) is 61.7 Å². The van der Waals surface area contributed by atoms with Crippen LogP contribution in [0.5, 0.6) is 0 Å². The van der Waals surface area contributed by atoms with Crippen molar-refractivity contribution in [1.29, 1.82) is 0 Å². The molecule has 2 rings (SSSR count). The minimum atomic E-state index is -0.965. The second-order valence-corrected chi connectivity index (χ2v) is 7.09. The molecular weight excluding hydrogens is 433 g/mol. The van der Waals surface area contributed by atoms with Gasteiger partial charge < -0.3 is 11.1 Å². The summed E-state index contributed by atoms with van der Waals surface area (Å²) in [4.78, 5) is 5.30. The zero-order chi connectivity index (χ0) is 17.0. The van der Waals surface area contributed by atoms with Gasteiger partial charge in [0.15, 0.2) is 5.96 Å². The van der Waals surface area contributed by atoms with Gasteiger partial charge in [-0.3, -0.25) is 4.21 Å². The predicted molar refractivity (Wildman–Crippen MR) is 114 cm³/mol. The fraction of sp³-hybridized carbons (Fsp3) is 0.278. The molecule has 0 aliphatic carbocycles. The molecule has 2 unspecified atom stereocenters. The molecule has 2 aromatic rings. The maximum Gasteiger partial charge on any atom is 0.193 e. The van der Waals surface area contributed by atoms with E-state index in [2.05, 4.69) is 16.4 Å². The predicted octanol–water partition coefficient (Wildman–Crippen LogP) is 4.15. The number of aliphatic imine (C=N–C) groups is 1. The molecule has 0 spiro atoms. The summed E-state index contributed by atoms with van der Waals surface area (Å²) < 4.78 is 11.4. The number of nitrogens with two attached hydrogens (primary N) is 1. The summed E-state index contributed by atoms with van der Waals surface area (Å²) in [5.41, 5.74) is 10.3. The van der Waals surface area contributed by atoms with Crippen LogP contribution in [0.2, 0.25) is 0 Å². The minimum absolute atomic E-state index is 0. The Kier molecular flexibility index (Phi) is 7.89. The second kappa shape index (κ2) is 9.17. The zero-order valence-corrected chi connectivity index (χ0v) is 17.5. The van der Waals surface area contributed by atoms with E-state index in [-0.39, 0.29) is 30.0 Å². The second-order valence-electron chi connectivity index (χ2n) is 5.71. The van der Waals surface area contributed by atoms with Crippen molar-refractivity contribution >= 4 is 46.4 Å². The topological polar surface area (TPSA) is 67.5 Å². The molecule has 24 heavy (non-hydrogen) atoms. The fourth-order valence-electron chi connectivity index (χ4n) is 2.45. The number of hydrogen-bond acceptors (Lipinski definition) is 2. The van der Waals surface area contributed by atoms with Crippen molar-refractivity contribution in [2.24, 2.45) is 10.7 Å². The summed E-state index contributed by atoms with van der Waals surface area (Å²) in [7, 11) is -0.965. The van der Waals surface area contributed by atoms with Gasteiger partial charge in [0.1, 0.15) is 0 Å². The van der Waals surface area contributed by atoms with Crippen LogP contribution in [-0.2, 0) is 10.8 Å². The van der Waals surface area contributed by atoms with Gasteiger partial charge in [0.25, 0.3) is 0 Å². The lowest BCUT2D eigenvalue weighted by Crippen LogP contribution is -2.23. The number of halogens is 1. The summed E-state index contributed by atoms with van der Waals surface area (Å²) in [6.07, 6.45) is 1.67. The van der Waals surface area contributed by atoms with Gasteiger partial charge in [-0.1, -0.05) is 18.2 Å². The van der Waals surface area contributed by atoms with E-state index in [4.69, 9.17) is 5.73 Å². The van der Waals surface area contributed by atoms with Crippen LogP contribution in [0.15, 0.2) is 52.4 Å². The molecule has 0 aromatic heterocycles. The number of guanidine groups is 1. The van der Waals surface area contributed by atoms with E-state index in [0.717, 1.165) is 16.1 Å². The van der Waals surface area contributed by atoms with Gasteiger partial charge in [0, 0.05) is 27.6 Å². The van der Waals surface area contributed by atoms with Crippen molar-refractivity contribution in [3.05, 3.63) is 59.2 Å². The Morgan fingerprint density at radius 2 is 1.67 bits per heavy atom. The fourth-order valence-corrected chi connectivity index (χ4v) is 2.97. The molecule has 0 fully saturated rings. The molecule has 0 radical (unpaired) electrons. The molecule has 4 nitrogen and oxygen atoms in total. The Bertz CT molecular complexity index is 724. The Hall–Kier alpha value is -1.41. The van der Waals surface area contributed by atoms with E-state index in [9.17, 15) is 4.21 Å². The highest BCUT2D eigenvalue weighted by atomic mass is 127. The van der Waals surface area contributed by atoms with E-state index >= 15 is 0 Å². The van der Waals surface area contributed by atoms with E-state index < -0.39 is 10.8 Å². The molecule has 6 heteroatoms. The highest BCUT2D eigenvalue weighted by Crippen LogP contribution is 2.19. The van der Waals surface area contributed by atoms with E-state index in [0.29, 0.717) is 5.96 Å². The smallest absolute Gasteiger partial charge is 0.193 e. The first-order valence-corrected chi connectivity index (χ1v) is 9.03. The summed E-state index contributed by atoms with van der Waals surface area (Å²) in [5.74, 6) is 0.380. The third-order valence-corrected chi connectivity index (χ3v) is 4.46. The Morgan fingerprint density at radius 1 is 1.12 bits per heavy atom. The lowest BCUT2D eigenvalue weighted by Gasteiger charge is -2.12. The molecule has 0 saturated heterocycles. The first-order valence-electron chi connectivity index (χ1n) is 7.47. The van der Waals surface area contributed by atoms with Gasteiger partial charge in [0.2, 0.25) is 0 Å². The normalized spacial score (nSPS) is 13.8. The van der Waals surface area contributed by atoms with Crippen LogP contribution in [-0.4, -0.2) is 16.4 Å². The molecular formula is C18H24IN3OS. The highest BCUT2D eigenvalue weighted by molar-refractivity contribution is 14.0. The number of anilines is 1. The summed E-state index contributed by atoms with van der Waals surface area (Å²) in [6, 6.07) is 13.7. The van der Waals surface area contributed by atoms with Crippen LogP contribution in [0.1, 0.15) is 29.7 Å². The quantitative estimate of drug-likeness (QED) is 0.412. The molecule has 0 heterocycles. The van der Waals surface area contributed by atoms with Crippen LogP contribution in [0.4, 0.5) is 5.69 Å². The number of rotatable bonds is 4. The van der Waals surface area contributed by atoms with Gasteiger partial charge in [-0.25, -0.2) is 4.99 Å². The number of aryl methyl sites for hydroxylation is 2. The van der Waals surface area contributed by atoms with Crippen molar-refractivity contribution in [3.8, 4) is 0 Å². The first kappa shape index (κ1) is 20.6. The number of benzene rings is 2. The van der Waals surface area contributed by atoms with Crippen molar-refractivity contribution in [1.82, 2.24) is 0 Å². The maximum absolute atomic E-state index is 11.4. The molecule has 0 aliphatic heterocycles. The first-order chi connectivity index (χ1) is 10.8. The third-order valence-electron chi connectivity index (χ3n) is 3.52. The number of hydrogen-bond donors (Lipinski definition) is 2. The van der Waals surface area contributed by atoms with E-state index in [1.165, 1.54) is 11.1 Å². The van der Waals surface area contributed by atoms with Crippen LogP contribution < -0.4 is 11.1 Å². The lowest BCUT2D eigenvalue weighted by atomic mass is 10.1. The lowest BCUT2D eigenvalue weighted by molar-refractivity contribution is 0.686. The standard InChI is InChI=1S/C18H23N3OS.HI/c1-12-9-13(2)11-16(10-12)21-18(19)20-14(3)15-5-7-17(8-6-15)23(4)22;/h5-11,14H,1-4H3,(H3,19,20,21);1H. The Labute approximate surface area is 163 Å². The van der Waals surface area contributed by atoms with E-state index in [1.54, 1.807) is 6.26 Å². The summed E-state index contributed by atoms with van der Waals surface area (Å²) >= 11 is 0. The minimum Gasteiger partial charge on any atom is -0.370 e. The van der Waals surface area contributed by atoms with Crippen LogP contribution in [0.3, 0.4) is 0 Å². The summed E-state index contributed by atoms with van der Waals surface area (Å²) in [5, 5.41) is 3.13. The largest absolute Gasteiger partial charge is 0.370 e. The molecule has 0 aliphatic rings. The van der Waals surface area contributed by atoms with Gasteiger partial charge >= 0.3 is 0 Å². The van der Waals surface area contributed by atoms with Crippen LogP contribution >= 0.6 is 24.0 Å². The van der Waals surface area contributed by atoms with Crippen LogP contribution in [0, 0.1) is 13.8 Å². The Balaban J connectivity index is 0.00000288. The van der Waals surface area contributed by atoms with Crippen molar-refractivity contribution in [2.45, 2.75) is 31.7 Å². The van der Waals surface area contributed by atoms with Gasteiger partial charge in [-0.15, -0.1) is 24.0 Å². The van der Waals surface area contributed by atoms with E-state index in [1.807, 2.05) is 57.2 Å². The number of nitrogens with zero attached hydrogens (tertiary/aromatic N) is 1. The van der Waals surface area contributed by atoms with Crippen molar-refractivity contribution in [2.75, 3.05) is 11.6 Å². The molecule has 2 aromatic carbocycles. The SMILES string of the molecule is Cc1cc(C)cc(NC(N)=NC(C)c2ccc(S(C)=O)cc2)c1.I. The number of nitrogens with one attached hydrogen (secondary N) is 1. The molecule has 0 bridgehead atoms. The Morgan fingerprint density at radius 3 is 2.17 bits per heavy atom. The molecule has 130 valence electrons. The van der Waals surface area contributed by atoms with Crippen molar-refractivity contribution in [3.63, 3.8) is 0 Å². The van der Waals surface area contributed by atoms with Crippen LogP contribution in [0.25, 0.3) is 0 Å². The van der Waals surface area contributed by atoms with Gasteiger partial charge in [0.05, 0.1) is 6.04 Å². The average molecular weight is 457 g/mol. The monoisotopic (exact) mass is 457 g/mol. The third kappa shape index (κ3) is 5.90. The zero-order valence-electron chi connectivity index (χ0n) is 14.4. The molecule has 0 saturated carbocycles.